The van der Waals surface area contributed by atoms with Gasteiger partial charge in [-0.05, 0) is 31.2 Å². The summed E-state index contributed by atoms with van der Waals surface area (Å²) in [6, 6.07) is 7.89. The van der Waals surface area contributed by atoms with Gasteiger partial charge in [-0.3, -0.25) is 19.0 Å². The SMILES string of the molecule is CC(=O)N(C)N(Cc1ccc(OC(F)F)cc1F)C(=O)c1ccc2nc(N)c3cnc(C)n3c2c1. The first kappa shape index (κ1) is 23.8. The highest BCUT2D eigenvalue weighted by molar-refractivity contribution is 5.98. The number of rotatable bonds is 5. The van der Waals surface area contributed by atoms with Crippen LogP contribution in [0, 0.1) is 12.7 Å². The van der Waals surface area contributed by atoms with Gasteiger partial charge in [-0.1, -0.05) is 6.07 Å². The molecular formula is C23H21F3N6O3. The van der Waals surface area contributed by atoms with Crippen LogP contribution in [0.3, 0.4) is 0 Å². The monoisotopic (exact) mass is 486 g/mol. The summed E-state index contributed by atoms with van der Waals surface area (Å²) in [5.74, 6) is -1.38. The number of anilines is 1. The number of aromatic nitrogens is 3. The van der Waals surface area contributed by atoms with Gasteiger partial charge in [-0.25, -0.2) is 19.4 Å². The summed E-state index contributed by atoms with van der Waals surface area (Å²) in [7, 11) is 1.37. The van der Waals surface area contributed by atoms with E-state index in [0.717, 1.165) is 22.2 Å². The van der Waals surface area contributed by atoms with Crippen molar-refractivity contribution in [1.29, 1.82) is 0 Å². The Balaban J connectivity index is 1.74. The molecule has 0 bridgehead atoms. The molecule has 0 aliphatic carbocycles. The lowest BCUT2D eigenvalue weighted by Gasteiger charge is -2.31. The number of hydrazine groups is 1. The number of hydrogen-bond acceptors (Lipinski definition) is 6. The molecule has 2 N–H and O–H groups in total. The third kappa shape index (κ3) is 4.54. The van der Waals surface area contributed by atoms with Crippen LogP contribution in [0.5, 0.6) is 5.75 Å². The van der Waals surface area contributed by atoms with E-state index in [4.69, 9.17) is 5.73 Å². The summed E-state index contributed by atoms with van der Waals surface area (Å²) in [5.41, 5.74) is 7.88. The number of amides is 2. The second-order valence-electron chi connectivity index (χ2n) is 7.76. The van der Waals surface area contributed by atoms with Gasteiger partial charge in [0.05, 0.1) is 23.8 Å². The molecule has 2 amide bonds. The number of alkyl halides is 2. The molecule has 0 fully saturated rings. The summed E-state index contributed by atoms with van der Waals surface area (Å²) >= 11 is 0. The predicted molar refractivity (Wildman–Crippen MR) is 121 cm³/mol. The van der Waals surface area contributed by atoms with E-state index in [2.05, 4.69) is 14.7 Å². The second-order valence-corrected chi connectivity index (χ2v) is 7.76. The first-order valence-corrected chi connectivity index (χ1v) is 10.4. The molecule has 2 heterocycles. The molecule has 0 aliphatic rings. The molecule has 2 aromatic heterocycles. The van der Waals surface area contributed by atoms with Crippen LogP contribution < -0.4 is 10.5 Å². The smallest absolute Gasteiger partial charge is 0.387 e. The summed E-state index contributed by atoms with van der Waals surface area (Å²) in [4.78, 5) is 34.2. The standard InChI is InChI=1S/C23H21F3N6O3/c1-12-28-10-20-21(27)29-18-7-5-14(8-19(18)32(12)20)22(34)31(30(3)13(2)33)11-15-4-6-16(9-17(15)24)35-23(25)26/h4-10,23H,11H2,1-3H3,(H2,27,29). The van der Waals surface area contributed by atoms with Crippen LogP contribution in [0.25, 0.3) is 16.6 Å². The number of fused-ring (bicyclic) bond motifs is 3. The van der Waals surface area contributed by atoms with Crippen molar-refractivity contribution in [2.24, 2.45) is 0 Å². The van der Waals surface area contributed by atoms with Crippen LogP contribution in [-0.2, 0) is 11.3 Å². The number of carbonyl (C=O) groups is 2. The molecule has 182 valence electrons. The number of ether oxygens (including phenoxy) is 1. The van der Waals surface area contributed by atoms with Crippen molar-refractivity contribution in [2.75, 3.05) is 12.8 Å². The van der Waals surface area contributed by atoms with Crippen molar-refractivity contribution >= 4 is 34.2 Å². The minimum absolute atomic E-state index is 0.00357. The fourth-order valence-electron chi connectivity index (χ4n) is 3.67. The molecule has 0 radical (unpaired) electrons. The van der Waals surface area contributed by atoms with Gasteiger partial charge in [-0.15, -0.1) is 0 Å². The normalized spacial score (nSPS) is 11.3. The number of hydrogen-bond donors (Lipinski definition) is 1. The number of aryl methyl sites for hydroxylation is 1. The fraction of sp³-hybridized carbons (Fsp3) is 0.217. The Bertz CT molecular complexity index is 1460. The van der Waals surface area contributed by atoms with Crippen molar-refractivity contribution in [3.8, 4) is 5.75 Å². The van der Waals surface area contributed by atoms with Crippen LogP contribution >= 0.6 is 0 Å². The highest BCUT2D eigenvalue weighted by atomic mass is 19.3. The Labute approximate surface area is 197 Å². The average Bonchev–Trinajstić information content (AvgIpc) is 3.19. The molecule has 35 heavy (non-hydrogen) atoms. The van der Waals surface area contributed by atoms with Crippen LogP contribution in [0.1, 0.15) is 28.7 Å². The zero-order valence-electron chi connectivity index (χ0n) is 19.0. The van der Waals surface area contributed by atoms with Gasteiger partial charge in [0.1, 0.15) is 28.7 Å². The number of benzene rings is 2. The summed E-state index contributed by atoms with van der Waals surface area (Å²) in [6.45, 7) is -0.416. The Morgan fingerprint density at radius 3 is 2.57 bits per heavy atom. The van der Waals surface area contributed by atoms with E-state index in [-0.39, 0.29) is 29.2 Å². The number of nitrogen functional groups attached to an aromatic ring is 1. The molecule has 2 aromatic carbocycles. The highest BCUT2D eigenvalue weighted by Crippen LogP contribution is 2.25. The van der Waals surface area contributed by atoms with Gasteiger partial charge in [0.2, 0.25) is 5.91 Å². The quantitative estimate of drug-likeness (QED) is 0.433. The minimum atomic E-state index is -3.11. The second kappa shape index (κ2) is 9.12. The number of nitrogens with zero attached hydrogens (tertiary/aromatic N) is 5. The largest absolute Gasteiger partial charge is 0.435 e. The maximum atomic E-state index is 14.6. The van der Waals surface area contributed by atoms with E-state index >= 15 is 0 Å². The Hall–Kier alpha value is -4.35. The summed E-state index contributed by atoms with van der Waals surface area (Å²) < 4.78 is 45.4. The zero-order valence-corrected chi connectivity index (χ0v) is 19.0. The molecule has 12 heteroatoms. The molecule has 0 aliphatic heterocycles. The topological polar surface area (TPSA) is 106 Å². The van der Waals surface area contributed by atoms with E-state index in [1.165, 1.54) is 26.1 Å². The van der Waals surface area contributed by atoms with Gasteiger partial charge in [0, 0.05) is 31.2 Å². The molecule has 0 atom stereocenters. The van der Waals surface area contributed by atoms with Gasteiger partial charge in [0.15, 0.2) is 0 Å². The van der Waals surface area contributed by atoms with E-state index in [0.29, 0.717) is 22.4 Å². The number of halogens is 3. The molecule has 4 aromatic rings. The number of imidazole rings is 1. The van der Waals surface area contributed by atoms with E-state index in [1.54, 1.807) is 29.7 Å². The third-order valence-electron chi connectivity index (χ3n) is 5.53. The zero-order chi connectivity index (χ0) is 25.4. The molecular weight excluding hydrogens is 465 g/mol. The van der Waals surface area contributed by atoms with Crippen molar-refractivity contribution in [2.45, 2.75) is 27.0 Å². The third-order valence-corrected chi connectivity index (χ3v) is 5.53. The van der Waals surface area contributed by atoms with Crippen LogP contribution in [-0.4, -0.2) is 49.9 Å². The first-order chi connectivity index (χ1) is 16.6. The van der Waals surface area contributed by atoms with Crippen LogP contribution in [0.2, 0.25) is 0 Å². The highest BCUT2D eigenvalue weighted by Gasteiger charge is 2.25. The van der Waals surface area contributed by atoms with E-state index in [1.807, 2.05) is 0 Å². The van der Waals surface area contributed by atoms with Crippen molar-refractivity contribution < 1.29 is 27.5 Å². The molecule has 9 nitrogen and oxygen atoms in total. The lowest BCUT2D eigenvalue weighted by molar-refractivity contribution is -0.140. The molecule has 0 saturated heterocycles. The summed E-state index contributed by atoms with van der Waals surface area (Å²) in [5, 5.41) is 2.10. The van der Waals surface area contributed by atoms with Crippen molar-refractivity contribution in [3.05, 3.63) is 65.4 Å². The van der Waals surface area contributed by atoms with E-state index in [9.17, 15) is 22.8 Å². The van der Waals surface area contributed by atoms with Gasteiger partial charge in [0.25, 0.3) is 5.91 Å². The van der Waals surface area contributed by atoms with Crippen molar-refractivity contribution in [3.63, 3.8) is 0 Å². The first-order valence-electron chi connectivity index (χ1n) is 10.4. The maximum absolute atomic E-state index is 14.6. The van der Waals surface area contributed by atoms with Crippen LogP contribution in [0.4, 0.5) is 19.0 Å². The number of carbonyl (C=O) groups excluding carboxylic acids is 2. The Morgan fingerprint density at radius 1 is 1.17 bits per heavy atom. The number of nitrogens with two attached hydrogens (primary N) is 1. The predicted octanol–water partition coefficient (Wildman–Crippen LogP) is 3.55. The maximum Gasteiger partial charge on any atom is 0.387 e. The van der Waals surface area contributed by atoms with E-state index < -0.39 is 24.2 Å². The average molecular weight is 486 g/mol. The Morgan fingerprint density at radius 2 is 1.91 bits per heavy atom. The molecule has 4 rings (SSSR count). The minimum Gasteiger partial charge on any atom is -0.435 e. The molecule has 0 spiro atoms. The molecule has 0 unspecified atom stereocenters. The molecule has 0 saturated carbocycles. The summed E-state index contributed by atoms with van der Waals surface area (Å²) in [6.07, 6.45) is 1.58. The van der Waals surface area contributed by atoms with Gasteiger partial charge < -0.3 is 10.5 Å². The Kier molecular flexibility index (Phi) is 6.20. The van der Waals surface area contributed by atoms with Gasteiger partial charge >= 0.3 is 6.61 Å². The fourth-order valence-corrected chi connectivity index (χ4v) is 3.67. The van der Waals surface area contributed by atoms with Gasteiger partial charge in [-0.2, -0.15) is 8.78 Å². The van der Waals surface area contributed by atoms with Crippen LogP contribution in [0.15, 0.2) is 42.6 Å². The lowest BCUT2D eigenvalue weighted by atomic mass is 10.1. The van der Waals surface area contributed by atoms with Crippen molar-refractivity contribution in [1.82, 2.24) is 24.4 Å². The lowest BCUT2D eigenvalue weighted by Crippen LogP contribution is -2.46.